The van der Waals surface area contributed by atoms with Gasteiger partial charge < -0.3 is 10.5 Å². The average molecular weight is 276 g/mol. The fraction of sp³-hybridized carbons (Fsp3) is 0.250. The zero-order valence-corrected chi connectivity index (χ0v) is 11.7. The van der Waals surface area contributed by atoms with E-state index in [2.05, 4.69) is 12.1 Å². The van der Waals surface area contributed by atoms with Crippen molar-refractivity contribution in [1.82, 2.24) is 0 Å². The van der Waals surface area contributed by atoms with Crippen molar-refractivity contribution in [2.24, 2.45) is 5.73 Å². The summed E-state index contributed by atoms with van der Waals surface area (Å²) in [5.41, 5.74) is 8.26. The van der Waals surface area contributed by atoms with Crippen LogP contribution in [0.5, 0.6) is 5.75 Å². The SMILES string of the molecule is COc1ccc(Cl)cc1C(CN)Cc1ccccc1. The standard InChI is InChI=1S/C16H18ClNO/c1-19-16-8-7-14(17)10-15(16)13(11-18)9-12-5-3-2-4-6-12/h2-8,10,13H,9,11,18H2,1H3. The van der Waals surface area contributed by atoms with Crippen LogP contribution in [0.4, 0.5) is 0 Å². The van der Waals surface area contributed by atoms with Crippen LogP contribution in [0.1, 0.15) is 17.0 Å². The minimum atomic E-state index is 0.205. The number of nitrogens with two attached hydrogens (primary N) is 1. The van der Waals surface area contributed by atoms with Gasteiger partial charge in [-0.3, -0.25) is 0 Å². The topological polar surface area (TPSA) is 35.2 Å². The smallest absolute Gasteiger partial charge is 0.122 e. The second-order valence-electron chi connectivity index (χ2n) is 4.51. The summed E-state index contributed by atoms with van der Waals surface area (Å²) in [6, 6.07) is 16.0. The van der Waals surface area contributed by atoms with Crippen molar-refractivity contribution in [3.8, 4) is 5.75 Å². The highest BCUT2D eigenvalue weighted by Gasteiger charge is 2.16. The van der Waals surface area contributed by atoms with Gasteiger partial charge in [0.25, 0.3) is 0 Å². The lowest BCUT2D eigenvalue weighted by Crippen LogP contribution is -2.16. The van der Waals surface area contributed by atoms with Crippen molar-refractivity contribution in [2.45, 2.75) is 12.3 Å². The molecule has 0 saturated carbocycles. The summed E-state index contributed by atoms with van der Waals surface area (Å²) >= 11 is 6.08. The first-order chi connectivity index (χ1) is 9.24. The Balaban J connectivity index is 2.29. The number of hydrogen-bond acceptors (Lipinski definition) is 2. The summed E-state index contributed by atoms with van der Waals surface area (Å²) in [5, 5.41) is 0.710. The van der Waals surface area contributed by atoms with Gasteiger partial charge >= 0.3 is 0 Å². The molecule has 0 heterocycles. The van der Waals surface area contributed by atoms with E-state index >= 15 is 0 Å². The zero-order chi connectivity index (χ0) is 13.7. The van der Waals surface area contributed by atoms with Gasteiger partial charge in [-0.2, -0.15) is 0 Å². The number of rotatable bonds is 5. The Labute approximate surface area is 119 Å². The molecule has 3 heteroatoms. The second kappa shape index (κ2) is 6.60. The van der Waals surface area contributed by atoms with E-state index in [1.807, 2.05) is 36.4 Å². The van der Waals surface area contributed by atoms with Crippen LogP contribution in [-0.4, -0.2) is 13.7 Å². The highest BCUT2D eigenvalue weighted by atomic mass is 35.5. The third-order valence-electron chi connectivity index (χ3n) is 3.24. The quantitative estimate of drug-likeness (QED) is 0.904. The number of hydrogen-bond donors (Lipinski definition) is 1. The second-order valence-corrected chi connectivity index (χ2v) is 4.95. The monoisotopic (exact) mass is 275 g/mol. The van der Waals surface area contributed by atoms with E-state index in [0.717, 1.165) is 17.7 Å². The Hall–Kier alpha value is -1.51. The Bertz CT molecular complexity index is 528. The molecule has 2 nitrogen and oxygen atoms in total. The van der Waals surface area contributed by atoms with Crippen LogP contribution in [0.25, 0.3) is 0 Å². The molecule has 2 aromatic rings. The third kappa shape index (κ3) is 3.49. The summed E-state index contributed by atoms with van der Waals surface area (Å²) < 4.78 is 5.41. The van der Waals surface area contributed by atoms with Gasteiger partial charge in [-0.1, -0.05) is 41.9 Å². The lowest BCUT2D eigenvalue weighted by Gasteiger charge is -2.18. The molecule has 100 valence electrons. The maximum atomic E-state index is 6.08. The van der Waals surface area contributed by atoms with E-state index in [1.54, 1.807) is 7.11 Å². The van der Waals surface area contributed by atoms with Gasteiger partial charge in [-0.15, -0.1) is 0 Å². The first-order valence-electron chi connectivity index (χ1n) is 6.32. The van der Waals surface area contributed by atoms with Crippen LogP contribution in [0, 0.1) is 0 Å². The van der Waals surface area contributed by atoms with Crippen LogP contribution in [-0.2, 0) is 6.42 Å². The summed E-state index contributed by atoms with van der Waals surface area (Å²) in [5.74, 6) is 1.05. The molecule has 2 aromatic carbocycles. The molecule has 0 amide bonds. The predicted octanol–water partition coefficient (Wildman–Crippen LogP) is 3.63. The van der Waals surface area contributed by atoms with E-state index in [1.165, 1.54) is 5.56 Å². The number of methoxy groups -OCH3 is 1. The molecule has 2 rings (SSSR count). The molecule has 1 atom stereocenters. The van der Waals surface area contributed by atoms with Gasteiger partial charge in [0.1, 0.15) is 5.75 Å². The van der Waals surface area contributed by atoms with Gasteiger partial charge in [0.15, 0.2) is 0 Å². The summed E-state index contributed by atoms with van der Waals surface area (Å²) in [7, 11) is 1.67. The molecular weight excluding hydrogens is 258 g/mol. The molecule has 0 aromatic heterocycles. The first kappa shape index (κ1) is 13.9. The molecule has 1 unspecified atom stereocenters. The van der Waals surface area contributed by atoms with Gasteiger partial charge in [0.2, 0.25) is 0 Å². The van der Waals surface area contributed by atoms with Gasteiger partial charge in [0, 0.05) is 16.5 Å². The number of benzene rings is 2. The molecule has 0 aliphatic heterocycles. The molecule has 0 radical (unpaired) electrons. The third-order valence-corrected chi connectivity index (χ3v) is 3.48. The molecule has 0 bridgehead atoms. The molecule has 0 fully saturated rings. The highest BCUT2D eigenvalue weighted by Crippen LogP contribution is 2.31. The Kier molecular flexibility index (Phi) is 4.83. The Morgan fingerprint density at radius 3 is 2.53 bits per heavy atom. The fourth-order valence-electron chi connectivity index (χ4n) is 2.24. The van der Waals surface area contributed by atoms with Crippen LogP contribution in [0.3, 0.4) is 0 Å². The van der Waals surface area contributed by atoms with Crippen molar-refractivity contribution in [1.29, 1.82) is 0 Å². The Morgan fingerprint density at radius 1 is 1.16 bits per heavy atom. The molecule has 0 spiro atoms. The number of halogens is 1. The van der Waals surface area contributed by atoms with Crippen molar-refractivity contribution in [3.63, 3.8) is 0 Å². The first-order valence-corrected chi connectivity index (χ1v) is 6.70. The normalized spacial score (nSPS) is 12.2. The van der Waals surface area contributed by atoms with Gasteiger partial charge in [-0.25, -0.2) is 0 Å². The predicted molar refractivity (Wildman–Crippen MR) is 79.9 cm³/mol. The van der Waals surface area contributed by atoms with Crippen molar-refractivity contribution >= 4 is 11.6 Å². The molecule has 2 N–H and O–H groups in total. The van der Waals surface area contributed by atoms with Gasteiger partial charge in [0.05, 0.1) is 7.11 Å². The van der Waals surface area contributed by atoms with Crippen molar-refractivity contribution in [2.75, 3.05) is 13.7 Å². The van der Waals surface area contributed by atoms with Crippen LogP contribution in [0.15, 0.2) is 48.5 Å². The zero-order valence-electron chi connectivity index (χ0n) is 11.0. The number of ether oxygens (including phenoxy) is 1. The lowest BCUT2D eigenvalue weighted by molar-refractivity contribution is 0.405. The summed E-state index contributed by atoms with van der Waals surface area (Å²) in [6.45, 7) is 0.561. The molecular formula is C16H18ClNO. The van der Waals surface area contributed by atoms with Crippen LogP contribution >= 0.6 is 11.6 Å². The molecule has 0 aliphatic carbocycles. The van der Waals surface area contributed by atoms with E-state index in [4.69, 9.17) is 22.1 Å². The lowest BCUT2D eigenvalue weighted by atomic mass is 9.91. The van der Waals surface area contributed by atoms with Crippen molar-refractivity contribution in [3.05, 3.63) is 64.7 Å². The van der Waals surface area contributed by atoms with E-state index in [9.17, 15) is 0 Å². The van der Waals surface area contributed by atoms with E-state index in [0.29, 0.717) is 11.6 Å². The minimum Gasteiger partial charge on any atom is -0.496 e. The summed E-state index contributed by atoms with van der Waals surface area (Å²) in [4.78, 5) is 0. The van der Waals surface area contributed by atoms with E-state index in [-0.39, 0.29) is 5.92 Å². The molecule has 19 heavy (non-hydrogen) atoms. The Morgan fingerprint density at radius 2 is 1.89 bits per heavy atom. The molecule has 0 aliphatic rings. The van der Waals surface area contributed by atoms with E-state index < -0.39 is 0 Å². The maximum absolute atomic E-state index is 6.08. The molecule has 0 saturated heterocycles. The van der Waals surface area contributed by atoms with Crippen LogP contribution < -0.4 is 10.5 Å². The highest BCUT2D eigenvalue weighted by molar-refractivity contribution is 6.30. The fourth-order valence-corrected chi connectivity index (χ4v) is 2.42. The van der Waals surface area contributed by atoms with Crippen molar-refractivity contribution < 1.29 is 4.74 Å². The van der Waals surface area contributed by atoms with Gasteiger partial charge in [-0.05, 0) is 36.7 Å². The minimum absolute atomic E-state index is 0.205. The largest absolute Gasteiger partial charge is 0.496 e. The average Bonchev–Trinajstić information content (AvgIpc) is 2.46. The summed E-state index contributed by atoms with van der Waals surface area (Å²) in [6.07, 6.45) is 0.883. The van der Waals surface area contributed by atoms with Crippen LogP contribution in [0.2, 0.25) is 5.02 Å². The maximum Gasteiger partial charge on any atom is 0.122 e.